The molecule has 7 nitrogen and oxygen atoms in total. The van der Waals surface area contributed by atoms with Crippen LogP contribution in [-0.2, 0) is 14.8 Å². The van der Waals surface area contributed by atoms with Crippen LogP contribution in [0.3, 0.4) is 0 Å². The first kappa shape index (κ1) is 26.1. The van der Waals surface area contributed by atoms with Crippen molar-refractivity contribution in [3.63, 3.8) is 0 Å². The van der Waals surface area contributed by atoms with E-state index in [0.29, 0.717) is 10.6 Å². The molecule has 190 valence electrons. The third kappa shape index (κ3) is 5.69. The standard InChI is InChI=1S/C27H30N2O5S2/c1-3-34-27(31)25-23(18-24(35-25)19-10-6-4-7-11-19)28-26(30)20-14-16-22(17-15-20)36(32,33)29(2)21-12-8-5-9-13-21/h4,6-7,10-11,14-18,21H,3,5,8-9,12-13H2,1-2H3,(H,28,30). The molecule has 1 aliphatic rings. The highest BCUT2D eigenvalue weighted by molar-refractivity contribution is 7.89. The molecule has 4 rings (SSSR count). The summed E-state index contributed by atoms with van der Waals surface area (Å²) in [5, 5.41) is 2.80. The number of benzene rings is 2. The Morgan fingerprint density at radius 2 is 1.69 bits per heavy atom. The van der Waals surface area contributed by atoms with Crippen molar-refractivity contribution in [2.45, 2.75) is 50.0 Å². The Morgan fingerprint density at radius 1 is 1.03 bits per heavy atom. The number of carbonyl (C=O) groups is 2. The van der Waals surface area contributed by atoms with Crippen LogP contribution in [-0.4, -0.2) is 44.3 Å². The Bertz CT molecular complexity index is 1310. The largest absolute Gasteiger partial charge is 0.462 e. The van der Waals surface area contributed by atoms with Gasteiger partial charge in [0.25, 0.3) is 5.91 Å². The van der Waals surface area contributed by atoms with Gasteiger partial charge in [-0.1, -0.05) is 49.6 Å². The summed E-state index contributed by atoms with van der Waals surface area (Å²) in [6.45, 7) is 1.94. The lowest BCUT2D eigenvalue weighted by molar-refractivity contribution is 0.0533. The first-order valence-corrected chi connectivity index (χ1v) is 14.3. The van der Waals surface area contributed by atoms with Gasteiger partial charge in [0.2, 0.25) is 10.0 Å². The van der Waals surface area contributed by atoms with E-state index in [0.717, 1.165) is 42.5 Å². The second-order valence-electron chi connectivity index (χ2n) is 8.73. The van der Waals surface area contributed by atoms with Crippen LogP contribution >= 0.6 is 11.3 Å². The number of hydrogen-bond donors (Lipinski definition) is 1. The van der Waals surface area contributed by atoms with Gasteiger partial charge in [-0.3, -0.25) is 4.79 Å². The Kier molecular flexibility index (Phi) is 8.23. The van der Waals surface area contributed by atoms with Gasteiger partial charge in [0, 0.05) is 23.5 Å². The van der Waals surface area contributed by atoms with Gasteiger partial charge >= 0.3 is 5.97 Å². The molecule has 1 heterocycles. The van der Waals surface area contributed by atoms with Crippen molar-refractivity contribution in [2.75, 3.05) is 19.0 Å². The number of amides is 1. The molecule has 1 aromatic heterocycles. The SMILES string of the molecule is CCOC(=O)c1sc(-c2ccccc2)cc1NC(=O)c1ccc(S(=O)(=O)N(C)C2CCCCC2)cc1. The lowest BCUT2D eigenvalue weighted by Crippen LogP contribution is -2.38. The molecule has 0 aliphatic heterocycles. The molecule has 1 fully saturated rings. The molecule has 0 unspecified atom stereocenters. The van der Waals surface area contributed by atoms with Crippen molar-refractivity contribution in [3.8, 4) is 10.4 Å². The molecule has 1 saturated carbocycles. The summed E-state index contributed by atoms with van der Waals surface area (Å²) in [5.41, 5.74) is 1.57. The lowest BCUT2D eigenvalue weighted by atomic mass is 9.96. The van der Waals surface area contributed by atoms with E-state index < -0.39 is 21.9 Å². The predicted octanol–water partition coefficient (Wildman–Crippen LogP) is 5.80. The minimum Gasteiger partial charge on any atom is -0.462 e. The highest BCUT2D eigenvalue weighted by Crippen LogP contribution is 2.35. The highest BCUT2D eigenvalue weighted by Gasteiger charge is 2.29. The molecule has 9 heteroatoms. The van der Waals surface area contributed by atoms with Crippen molar-refractivity contribution in [2.24, 2.45) is 0 Å². The van der Waals surface area contributed by atoms with Gasteiger partial charge in [0.05, 0.1) is 17.2 Å². The van der Waals surface area contributed by atoms with E-state index >= 15 is 0 Å². The number of ether oxygens (including phenoxy) is 1. The number of rotatable bonds is 8. The number of carbonyl (C=O) groups excluding carboxylic acids is 2. The van der Waals surface area contributed by atoms with Crippen LogP contribution in [0.1, 0.15) is 59.1 Å². The zero-order valence-electron chi connectivity index (χ0n) is 20.4. The number of hydrogen-bond acceptors (Lipinski definition) is 6. The summed E-state index contributed by atoms with van der Waals surface area (Å²) < 4.78 is 32.8. The van der Waals surface area contributed by atoms with E-state index in [9.17, 15) is 18.0 Å². The normalized spacial score (nSPS) is 14.5. The van der Waals surface area contributed by atoms with Crippen LogP contribution < -0.4 is 5.32 Å². The number of nitrogens with one attached hydrogen (secondary N) is 1. The van der Waals surface area contributed by atoms with Gasteiger partial charge < -0.3 is 10.1 Å². The smallest absolute Gasteiger partial charge is 0.350 e. The van der Waals surface area contributed by atoms with Crippen molar-refractivity contribution < 1.29 is 22.7 Å². The summed E-state index contributed by atoms with van der Waals surface area (Å²) in [6, 6.07) is 17.2. The number of thiophene rings is 1. The van der Waals surface area contributed by atoms with Gasteiger partial charge in [-0.2, -0.15) is 4.31 Å². The third-order valence-corrected chi connectivity index (χ3v) is 9.47. The minimum atomic E-state index is -3.65. The molecule has 1 amide bonds. The third-order valence-electron chi connectivity index (χ3n) is 6.38. The van der Waals surface area contributed by atoms with Crippen molar-refractivity contribution in [1.82, 2.24) is 4.31 Å². The number of nitrogens with zero attached hydrogens (tertiary/aromatic N) is 1. The quantitative estimate of drug-likeness (QED) is 0.375. The van der Waals surface area contributed by atoms with Gasteiger partial charge in [-0.05, 0) is 55.7 Å². The molecule has 0 radical (unpaired) electrons. The lowest BCUT2D eigenvalue weighted by Gasteiger charge is -2.30. The van der Waals surface area contributed by atoms with Crippen LogP contribution in [0.2, 0.25) is 0 Å². The Labute approximate surface area is 216 Å². The fourth-order valence-corrected chi connectivity index (χ4v) is 6.79. The molecule has 1 aliphatic carbocycles. The van der Waals surface area contributed by atoms with E-state index in [1.807, 2.05) is 30.3 Å². The summed E-state index contributed by atoms with van der Waals surface area (Å²) >= 11 is 1.25. The molecule has 0 bridgehead atoms. The Hall–Kier alpha value is -3.01. The molecule has 3 aromatic rings. The van der Waals surface area contributed by atoms with Crippen molar-refractivity contribution in [1.29, 1.82) is 0 Å². The van der Waals surface area contributed by atoms with Crippen LogP contribution in [0.15, 0.2) is 65.6 Å². The maximum atomic E-state index is 13.1. The van der Waals surface area contributed by atoms with Crippen molar-refractivity contribution >= 4 is 38.9 Å². The Balaban J connectivity index is 1.54. The zero-order chi connectivity index (χ0) is 25.7. The summed E-state index contributed by atoms with van der Waals surface area (Å²) in [5.74, 6) is -0.949. The summed E-state index contributed by atoms with van der Waals surface area (Å²) in [6.07, 6.45) is 4.94. The average Bonchev–Trinajstić information content (AvgIpc) is 3.33. The highest BCUT2D eigenvalue weighted by atomic mass is 32.2. The maximum Gasteiger partial charge on any atom is 0.350 e. The Morgan fingerprint density at radius 3 is 2.33 bits per heavy atom. The van der Waals surface area contributed by atoms with Crippen LogP contribution in [0.25, 0.3) is 10.4 Å². The fraction of sp³-hybridized carbons (Fsp3) is 0.333. The van der Waals surface area contributed by atoms with Crippen LogP contribution in [0.4, 0.5) is 5.69 Å². The van der Waals surface area contributed by atoms with E-state index in [1.165, 1.54) is 39.9 Å². The first-order chi connectivity index (χ1) is 17.3. The van der Waals surface area contributed by atoms with E-state index in [4.69, 9.17) is 4.74 Å². The summed E-state index contributed by atoms with van der Waals surface area (Å²) in [4.78, 5) is 26.8. The average molecular weight is 527 g/mol. The van der Waals surface area contributed by atoms with Gasteiger partial charge in [-0.25, -0.2) is 13.2 Å². The first-order valence-electron chi connectivity index (χ1n) is 12.1. The topological polar surface area (TPSA) is 92.8 Å². The van der Waals surface area contributed by atoms with Crippen LogP contribution in [0, 0.1) is 0 Å². The number of esters is 1. The molecule has 36 heavy (non-hydrogen) atoms. The van der Waals surface area contributed by atoms with Gasteiger partial charge in [0.1, 0.15) is 4.88 Å². The van der Waals surface area contributed by atoms with Gasteiger partial charge in [0.15, 0.2) is 0 Å². The van der Waals surface area contributed by atoms with Gasteiger partial charge in [-0.15, -0.1) is 11.3 Å². The molecule has 1 N–H and O–H groups in total. The number of sulfonamides is 1. The minimum absolute atomic E-state index is 0.00502. The van der Waals surface area contributed by atoms with E-state index in [2.05, 4.69) is 5.32 Å². The fourth-order valence-electron chi connectivity index (χ4n) is 4.36. The second-order valence-corrected chi connectivity index (χ2v) is 11.8. The summed E-state index contributed by atoms with van der Waals surface area (Å²) in [7, 11) is -2.02. The van der Waals surface area contributed by atoms with Crippen molar-refractivity contribution in [3.05, 3.63) is 71.1 Å². The molecule has 0 saturated heterocycles. The molecule has 0 spiro atoms. The van der Waals surface area contributed by atoms with E-state index in [1.54, 1.807) is 20.0 Å². The monoisotopic (exact) mass is 526 g/mol. The number of anilines is 1. The second kappa shape index (κ2) is 11.4. The van der Waals surface area contributed by atoms with Crippen LogP contribution in [0.5, 0.6) is 0 Å². The molecular formula is C27H30N2O5S2. The maximum absolute atomic E-state index is 13.1. The molecular weight excluding hydrogens is 496 g/mol. The molecule has 2 aromatic carbocycles. The predicted molar refractivity (Wildman–Crippen MR) is 142 cm³/mol. The van der Waals surface area contributed by atoms with E-state index in [-0.39, 0.29) is 23.1 Å². The molecule has 0 atom stereocenters. The zero-order valence-corrected chi connectivity index (χ0v) is 22.0.